The molecule has 1 aliphatic heterocycles. The van der Waals surface area contributed by atoms with E-state index in [2.05, 4.69) is 10.1 Å². The van der Waals surface area contributed by atoms with Gasteiger partial charge >= 0.3 is 6.09 Å². The Bertz CT molecular complexity index is 375. The van der Waals surface area contributed by atoms with Crippen molar-refractivity contribution in [2.75, 3.05) is 6.61 Å². The van der Waals surface area contributed by atoms with Crippen LogP contribution in [0.3, 0.4) is 0 Å². The Hall–Kier alpha value is -1.65. The number of nitrogens with one attached hydrogen (secondary N) is 1. The van der Waals surface area contributed by atoms with Crippen LogP contribution in [0, 0.1) is 11.6 Å². The standard InChI is InChI=1S/C10H9F2NO2/c11-7-3-6(4-8(12)5-7)9-1-2-15-10(14)13-9/h3-5,9H,1-2H2,(H,13,14)/t9-/m0/s1. The number of carbonyl (C=O) groups is 1. The zero-order valence-electron chi connectivity index (χ0n) is 7.80. The van der Waals surface area contributed by atoms with Crippen molar-refractivity contribution < 1.29 is 18.3 Å². The van der Waals surface area contributed by atoms with Gasteiger partial charge in [-0.15, -0.1) is 0 Å². The molecule has 1 amide bonds. The summed E-state index contributed by atoms with van der Waals surface area (Å²) in [6.07, 6.45) is -0.0508. The lowest BCUT2D eigenvalue weighted by atomic mass is 10.0. The molecule has 0 bridgehead atoms. The summed E-state index contributed by atoms with van der Waals surface area (Å²) in [4.78, 5) is 10.9. The second-order valence-corrected chi connectivity index (χ2v) is 3.32. The fraction of sp³-hybridized carbons (Fsp3) is 0.300. The third kappa shape index (κ3) is 2.23. The van der Waals surface area contributed by atoms with Crippen molar-refractivity contribution >= 4 is 6.09 Å². The topological polar surface area (TPSA) is 38.3 Å². The summed E-state index contributed by atoms with van der Waals surface area (Å²) in [5, 5.41) is 2.49. The van der Waals surface area contributed by atoms with Gasteiger partial charge in [0.1, 0.15) is 11.6 Å². The highest BCUT2D eigenvalue weighted by Gasteiger charge is 2.21. The Balaban J connectivity index is 2.24. The van der Waals surface area contributed by atoms with Gasteiger partial charge in [-0.25, -0.2) is 13.6 Å². The lowest BCUT2D eigenvalue weighted by Crippen LogP contribution is -2.35. The lowest BCUT2D eigenvalue weighted by Gasteiger charge is -2.23. The fourth-order valence-electron chi connectivity index (χ4n) is 1.55. The van der Waals surface area contributed by atoms with Crippen molar-refractivity contribution in [3.05, 3.63) is 35.4 Å². The Morgan fingerprint density at radius 2 is 1.93 bits per heavy atom. The number of alkyl carbamates (subject to hydrolysis) is 1. The van der Waals surface area contributed by atoms with Gasteiger partial charge in [-0.1, -0.05) is 0 Å². The van der Waals surface area contributed by atoms with E-state index in [1.54, 1.807) is 0 Å². The van der Waals surface area contributed by atoms with Gasteiger partial charge in [0, 0.05) is 12.5 Å². The fourth-order valence-corrected chi connectivity index (χ4v) is 1.55. The van der Waals surface area contributed by atoms with Gasteiger partial charge < -0.3 is 10.1 Å². The van der Waals surface area contributed by atoms with Crippen molar-refractivity contribution in [2.45, 2.75) is 12.5 Å². The predicted octanol–water partition coefficient (Wildman–Crippen LogP) is 2.14. The van der Waals surface area contributed by atoms with Gasteiger partial charge in [-0.2, -0.15) is 0 Å². The number of amides is 1. The molecule has 0 saturated carbocycles. The quantitative estimate of drug-likeness (QED) is 0.776. The first-order valence-corrected chi connectivity index (χ1v) is 4.54. The van der Waals surface area contributed by atoms with Crippen LogP contribution >= 0.6 is 0 Å². The molecule has 0 unspecified atom stereocenters. The first-order chi connectivity index (χ1) is 7.15. The van der Waals surface area contributed by atoms with E-state index in [0.29, 0.717) is 12.0 Å². The molecule has 0 aliphatic carbocycles. The number of hydrogen-bond acceptors (Lipinski definition) is 2. The molecule has 15 heavy (non-hydrogen) atoms. The van der Waals surface area contributed by atoms with Gasteiger partial charge in [0.25, 0.3) is 0 Å². The minimum Gasteiger partial charge on any atom is -0.449 e. The van der Waals surface area contributed by atoms with E-state index in [1.807, 2.05) is 0 Å². The number of cyclic esters (lactones) is 1. The Morgan fingerprint density at radius 3 is 2.53 bits per heavy atom. The summed E-state index contributed by atoms with van der Waals surface area (Å²) in [6, 6.07) is 2.83. The summed E-state index contributed by atoms with van der Waals surface area (Å²) < 4.78 is 30.4. The number of benzene rings is 1. The van der Waals surface area contributed by atoms with E-state index in [4.69, 9.17) is 0 Å². The molecule has 1 aromatic carbocycles. The first-order valence-electron chi connectivity index (χ1n) is 4.54. The number of rotatable bonds is 1. The molecule has 1 N–H and O–H groups in total. The molecule has 1 fully saturated rings. The molecular weight excluding hydrogens is 204 g/mol. The Labute approximate surface area is 85.0 Å². The van der Waals surface area contributed by atoms with Gasteiger partial charge in [0.15, 0.2) is 0 Å². The van der Waals surface area contributed by atoms with Crippen LogP contribution in [0.4, 0.5) is 13.6 Å². The second kappa shape index (κ2) is 3.84. The molecule has 1 atom stereocenters. The summed E-state index contributed by atoms with van der Waals surface area (Å²) >= 11 is 0. The molecule has 2 rings (SSSR count). The summed E-state index contributed by atoms with van der Waals surface area (Å²) in [5.74, 6) is -1.29. The lowest BCUT2D eigenvalue weighted by molar-refractivity contribution is 0.115. The molecule has 0 radical (unpaired) electrons. The maximum absolute atomic E-state index is 12.9. The molecule has 1 saturated heterocycles. The van der Waals surface area contributed by atoms with E-state index < -0.39 is 17.7 Å². The highest BCUT2D eigenvalue weighted by atomic mass is 19.1. The van der Waals surface area contributed by atoms with Crippen LogP contribution in [0.15, 0.2) is 18.2 Å². The van der Waals surface area contributed by atoms with E-state index in [-0.39, 0.29) is 12.6 Å². The van der Waals surface area contributed by atoms with Crippen LogP contribution in [0.2, 0.25) is 0 Å². The summed E-state index contributed by atoms with van der Waals surface area (Å²) in [6.45, 7) is 0.259. The van der Waals surface area contributed by atoms with Crippen molar-refractivity contribution in [3.63, 3.8) is 0 Å². The predicted molar refractivity (Wildman–Crippen MR) is 48.2 cm³/mol. The smallest absolute Gasteiger partial charge is 0.407 e. The van der Waals surface area contributed by atoms with Crippen LogP contribution in [-0.4, -0.2) is 12.7 Å². The first kappa shape index (κ1) is 9.89. The Morgan fingerprint density at radius 1 is 1.27 bits per heavy atom. The SMILES string of the molecule is O=C1N[C@H](c2cc(F)cc(F)c2)CCO1. The zero-order chi connectivity index (χ0) is 10.8. The van der Waals surface area contributed by atoms with Gasteiger partial charge in [0.05, 0.1) is 12.6 Å². The maximum Gasteiger partial charge on any atom is 0.407 e. The van der Waals surface area contributed by atoms with E-state index >= 15 is 0 Å². The molecule has 80 valence electrons. The minimum atomic E-state index is -0.647. The molecule has 1 heterocycles. The largest absolute Gasteiger partial charge is 0.449 e. The Kier molecular flexibility index (Phi) is 2.53. The number of hydrogen-bond donors (Lipinski definition) is 1. The molecule has 0 aromatic heterocycles. The van der Waals surface area contributed by atoms with Crippen molar-refractivity contribution in [2.24, 2.45) is 0 Å². The molecule has 5 heteroatoms. The summed E-state index contributed by atoms with van der Waals surface area (Å²) in [5.41, 5.74) is 0.421. The highest BCUT2D eigenvalue weighted by Crippen LogP contribution is 2.21. The molecule has 1 aromatic rings. The molecule has 0 spiro atoms. The minimum absolute atomic E-state index is 0.259. The molecule has 1 aliphatic rings. The van der Waals surface area contributed by atoms with Gasteiger partial charge in [0.2, 0.25) is 0 Å². The average Bonchev–Trinajstić information content (AvgIpc) is 2.16. The summed E-state index contributed by atoms with van der Waals surface area (Å²) in [7, 11) is 0. The maximum atomic E-state index is 12.9. The van der Waals surface area contributed by atoms with Crippen LogP contribution in [-0.2, 0) is 4.74 Å². The molecule has 3 nitrogen and oxygen atoms in total. The zero-order valence-corrected chi connectivity index (χ0v) is 7.80. The van der Waals surface area contributed by atoms with Crippen molar-refractivity contribution in [1.29, 1.82) is 0 Å². The van der Waals surface area contributed by atoms with E-state index in [1.165, 1.54) is 12.1 Å². The highest BCUT2D eigenvalue weighted by molar-refractivity contribution is 5.68. The third-order valence-corrected chi connectivity index (χ3v) is 2.22. The average molecular weight is 213 g/mol. The van der Waals surface area contributed by atoms with Gasteiger partial charge in [-0.3, -0.25) is 0 Å². The van der Waals surface area contributed by atoms with E-state index in [9.17, 15) is 13.6 Å². The van der Waals surface area contributed by atoms with E-state index in [0.717, 1.165) is 6.07 Å². The number of halogens is 2. The molecular formula is C10H9F2NO2. The normalized spacial score (nSPS) is 20.7. The second-order valence-electron chi connectivity index (χ2n) is 3.32. The van der Waals surface area contributed by atoms with Gasteiger partial charge in [-0.05, 0) is 17.7 Å². The van der Waals surface area contributed by atoms with Crippen LogP contribution in [0.25, 0.3) is 0 Å². The van der Waals surface area contributed by atoms with Crippen molar-refractivity contribution in [3.8, 4) is 0 Å². The van der Waals surface area contributed by atoms with Crippen LogP contribution in [0.1, 0.15) is 18.0 Å². The monoisotopic (exact) mass is 213 g/mol. The van der Waals surface area contributed by atoms with Crippen LogP contribution < -0.4 is 5.32 Å². The number of carbonyl (C=O) groups excluding carboxylic acids is 1. The third-order valence-electron chi connectivity index (χ3n) is 2.22. The van der Waals surface area contributed by atoms with Crippen LogP contribution in [0.5, 0.6) is 0 Å². The number of ether oxygens (including phenoxy) is 1. The van der Waals surface area contributed by atoms with Crippen molar-refractivity contribution in [1.82, 2.24) is 5.32 Å².